The van der Waals surface area contributed by atoms with E-state index in [1.807, 2.05) is 13.8 Å². The van der Waals surface area contributed by atoms with Gasteiger partial charge in [-0.1, -0.05) is 41.2 Å². The molecule has 3 fully saturated rings. The van der Waals surface area contributed by atoms with Crippen molar-refractivity contribution in [3.05, 3.63) is 12.2 Å². The van der Waals surface area contributed by atoms with E-state index in [0.717, 1.165) is 34.6 Å². The fraction of sp³-hybridized carbons (Fsp3) is 0.750. The smallest absolute Gasteiger partial charge is 0.303 e. The molecule has 0 unspecified atom stereocenters. The normalized spacial score (nSPS) is 35.9. The Hall–Kier alpha value is -3.85. The number of rotatable bonds is 9. The first-order valence-electron chi connectivity index (χ1n) is 17.0. The monoisotopic (exact) mass is 724 g/mol. The first-order valence-corrected chi connectivity index (χ1v) is 17.0. The van der Waals surface area contributed by atoms with Gasteiger partial charge in [0.05, 0.1) is 18.1 Å². The average molecular weight is 725 g/mol. The molecule has 286 valence electrons. The number of carbonyl (C=O) groups is 7. The van der Waals surface area contributed by atoms with Crippen molar-refractivity contribution in [1.82, 2.24) is 0 Å². The third-order valence-electron chi connectivity index (χ3n) is 9.54. The Morgan fingerprint density at radius 1 is 0.765 bits per heavy atom. The summed E-state index contributed by atoms with van der Waals surface area (Å²) in [4.78, 5) is 91.9. The molecular formula is C36H52O15. The van der Waals surface area contributed by atoms with Crippen molar-refractivity contribution in [2.45, 2.75) is 143 Å². The summed E-state index contributed by atoms with van der Waals surface area (Å²) >= 11 is 0. The number of epoxide rings is 1. The molecule has 0 bridgehead atoms. The zero-order chi connectivity index (χ0) is 39.0. The highest BCUT2D eigenvalue weighted by Gasteiger charge is 2.74. The molecule has 0 spiro atoms. The van der Waals surface area contributed by atoms with Crippen LogP contribution in [0.15, 0.2) is 12.2 Å². The van der Waals surface area contributed by atoms with Crippen LogP contribution >= 0.6 is 0 Å². The summed E-state index contributed by atoms with van der Waals surface area (Å²) < 4.78 is 47.9. The van der Waals surface area contributed by atoms with Crippen LogP contribution in [-0.4, -0.2) is 102 Å². The van der Waals surface area contributed by atoms with Crippen LogP contribution < -0.4 is 0 Å². The Balaban J connectivity index is 2.54. The Labute approximate surface area is 298 Å². The molecule has 1 saturated heterocycles. The van der Waals surface area contributed by atoms with Crippen molar-refractivity contribution in [3.8, 4) is 0 Å². The number of hydrogen-bond acceptors (Lipinski definition) is 15. The van der Waals surface area contributed by atoms with Crippen LogP contribution in [0.1, 0.15) is 89.5 Å². The van der Waals surface area contributed by atoms with Crippen LogP contribution in [0.25, 0.3) is 0 Å². The van der Waals surface area contributed by atoms with Crippen LogP contribution in [0.4, 0.5) is 0 Å². The lowest BCUT2D eigenvalue weighted by Gasteiger charge is -2.45. The molecule has 3 aliphatic rings. The van der Waals surface area contributed by atoms with Gasteiger partial charge in [-0.05, 0) is 18.4 Å². The van der Waals surface area contributed by atoms with E-state index >= 15 is 4.79 Å². The molecular weight excluding hydrogens is 672 g/mol. The Morgan fingerprint density at radius 2 is 1.27 bits per heavy atom. The zero-order valence-electron chi connectivity index (χ0n) is 31.5. The van der Waals surface area contributed by atoms with Gasteiger partial charge in [0.25, 0.3) is 0 Å². The SMILES string of the molecule is C=C1[C@@H](OCC(C)C)[C@@H](OC(C)=O)[C@@H](OC(C)=O)C(C)(C)[C@@H]2O[C@H]2[C@@H](C)C(=O)[C@@]2(OC(C)=O)C[C@@](C)(OC(C)=O)[C@H](OC(C)=O)[C@@H]2[C@H]1OC(C)=O. The highest BCUT2D eigenvalue weighted by atomic mass is 16.6. The van der Waals surface area contributed by atoms with Crippen molar-refractivity contribution >= 4 is 41.6 Å². The minimum atomic E-state index is -2.28. The summed E-state index contributed by atoms with van der Waals surface area (Å²) in [6.45, 7) is 21.1. The van der Waals surface area contributed by atoms with E-state index in [9.17, 15) is 28.8 Å². The van der Waals surface area contributed by atoms with Crippen LogP contribution in [0, 0.1) is 23.2 Å². The number of carbonyl (C=O) groups excluding carboxylic acids is 7. The van der Waals surface area contributed by atoms with Crippen molar-refractivity contribution in [1.29, 1.82) is 0 Å². The highest BCUT2D eigenvalue weighted by Crippen LogP contribution is 2.56. The van der Waals surface area contributed by atoms with Gasteiger partial charge in [0.2, 0.25) is 0 Å². The molecule has 15 heteroatoms. The first kappa shape index (κ1) is 41.6. The molecule has 51 heavy (non-hydrogen) atoms. The minimum Gasteiger partial charge on any atom is -0.458 e. The van der Waals surface area contributed by atoms with E-state index < -0.39 is 119 Å². The topological polar surface area (TPSA) is 197 Å². The van der Waals surface area contributed by atoms with E-state index in [-0.39, 0.29) is 18.1 Å². The number of hydrogen-bond donors (Lipinski definition) is 0. The minimum absolute atomic E-state index is 0.0261. The Bertz CT molecular complexity index is 1430. The molecule has 0 aromatic rings. The number of ether oxygens (including phenoxy) is 8. The van der Waals surface area contributed by atoms with Crippen LogP contribution in [0.5, 0.6) is 0 Å². The van der Waals surface area contributed by atoms with Gasteiger partial charge >= 0.3 is 35.8 Å². The molecule has 15 nitrogen and oxygen atoms in total. The summed E-state index contributed by atoms with van der Waals surface area (Å²) in [5.74, 6) is -8.45. The zero-order valence-corrected chi connectivity index (χ0v) is 31.5. The van der Waals surface area contributed by atoms with Gasteiger partial charge in [-0.15, -0.1) is 0 Å². The van der Waals surface area contributed by atoms with Crippen LogP contribution in [0.3, 0.4) is 0 Å². The van der Waals surface area contributed by atoms with Gasteiger partial charge in [0, 0.05) is 65.9 Å². The molecule has 0 amide bonds. The fourth-order valence-corrected chi connectivity index (χ4v) is 7.75. The Morgan fingerprint density at radius 3 is 1.75 bits per heavy atom. The second-order valence-corrected chi connectivity index (χ2v) is 15.0. The molecule has 0 aromatic carbocycles. The second kappa shape index (κ2) is 15.4. The standard InChI is InChI=1S/C36H52O15/c1-16(2)14-44-27-17(3)26(45-19(5)37)25-31(47-21(7)39)35(13,50-23(9)41)15-36(25,51-24(10)42)30(43)18(4)28-32(49-28)34(11,12)33(48-22(8)40)29(27)46-20(6)38/h16,18,25-29,31-33H,3,14-15H2,1-2,4-13H3/t18-,25+,26+,27-,28+,29-,31-,32-,33-,35-,36-/m1/s1. The molecule has 3 rings (SSSR count). The largest absolute Gasteiger partial charge is 0.458 e. The summed E-state index contributed by atoms with van der Waals surface area (Å²) in [6, 6.07) is 0. The summed E-state index contributed by atoms with van der Waals surface area (Å²) in [5.41, 5.74) is -5.41. The van der Waals surface area contributed by atoms with Crippen LogP contribution in [0.2, 0.25) is 0 Å². The van der Waals surface area contributed by atoms with Crippen molar-refractivity contribution in [2.24, 2.45) is 23.2 Å². The molecule has 1 heterocycles. The number of esters is 6. The van der Waals surface area contributed by atoms with Gasteiger partial charge in [-0.3, -0.25) is 33.6 Å². The molecule has 2 saturated carbocycles. The lowest BCUT2D eigenvalue weighted by atomic mass is 9.69. The van der Waals surface area contributed by atoms with E-state index in [0.29, 0.717) is 0 Å². The maximum absolute atomic E-state index is 15.1. The molecule has 0 N–H and O–H groups in total. The summed E-state index contributed by atoms with van der Waals surface area (Å²) in [7, 11) is 0. The molecule has 1 aliphatic heterocycles. The predicted molar refractivity (Wildman–Crippen MR) is 175 cm³/mol. The van der Waals surface area contributed by atoms with Crippen molar-refractivity contribution < 1.29 is 71.5 Å². The second-order valence-electron chi connectivity index (χ2n) is 15.0. The maximum atomic E-state index is 15.1. The number of ketones is 1. The van der Waals surface area contributed by atoms with Crippen LogP contribution in [-0.2, 0) is 71.5 Å². The highest BCUT2D eigenvalue weighted by molar-refractivity contribution is 5.93. The van der Waals surface area contributed by atoms with E-state index in [1.165, 1.54) is 13.8 Å². The van der Waals surface area contributed by atoms with Gasteiger partial charge in [-0.2, -0.15) is 0 Å². The third-order valence-corrected chi connectivity index (χ3v) is 9.54. The van der Waals surface area contributed by atoms with Gasteiger partial charge in [0.15, 0.2) is 29.2 Å². The number of fused-ring (bicyclic) bond motifs is 2. The molecule has 11 atom stereocenters. The first-order chi connectivity index (χ1) is 23.4. The quantitative estimate of drug-likeness (QED) is 0.146. The van der Waals surface area contributed by atoms with Gasteiger partial charge in [0.1, 0.15) is 18.3 Å². The maximum Gasteiger partial charge on any atom is 0.303 e. The fourth-order valence-electron chi connectivity index (χ4n) is 7.75. The molecule has 0 aromatic heterocycles. The summed E-state index contributed by atoms with van der Waals surface area (Å²) in [5, 5.41) is 0. The van der Waals surface area contributed by atoms with Gasteiger partial charge in [-0.25, -0.2) is 0 Å². The van der Waals surface area contributed by atoms with Crippen molar-refractivity contribution in [2.75, 3.05) is 6.61 Å². The van der Waals surface area contributed by atoms with E-state index in [4.69, 9.17) is 37.9 Å². The average Bonchev–Trinajstić information content (AvgIpc) is 3.74. The Kier molecular flexibility index (Phi) is 12.6. The van der Waals surface area contributed by atoms with Gasteiger partial charge < -0.3 is 37.9 Å². The number of Topliss-reactive ketones (excluding diaryl/α,β-unsaturated/α-hetero) is 1. The lowest BCUT2D eigenvalue weighted by Crippen LogP contribution is -2.60. The predicted octanol–water partition coefficient (Wildman–Crippen LogP) is 2.97. The lowest BCUT2D eigenvalue weighted by molar-refractivity contribution is -0.198. The summed E-state index contributed by atoms with van der Waals surface area (Å²) in [6.07, 6.45) is -9.59. The third kappa shape index (κ3) is 8.79. The van der Waals surface area contributed by atoms with E-state index in [2.05, 4.69) is 6.58 Å². The molecule has 2 aliphatic carbocycles. The van der Waals surface area contributed by atoms with Crippen molar-refractivity contribution in [3.63, 3.8) is 0 Å². The van der Waals surface area contributed by atoms with E-state index in [1.54, 1.807) is 20.8 Å². The molecule has 0 radical (unpaired) electrons.